The molecular formula is C24H24ClN7O. The van der Waals surface area contributed by atoms with Crippen molar-refractivity contribution < 1.29 is 4.74 Å². The fourth-order valence-electron chi connectivity index (χ4n) is 3.67. The van der Waals surface area contributed by atoms with Crippen molar-refractivity contribution in [2.24, 2.45) is 4.99 Å². The van der Waals surface area contributed by atoms with Gasteiger partial charge in [0.15, 0.2) is 0 Å². The molecule has 3 heterocycles. The summed E-state index contributed by atoms with van der Waals surface area (Å²) in [6.45, 7) is 4.14. The summed E-state index contributed by atoms with van der Waals surface area (Å²) >= 11 is 6.11. The molecule has 9 heteroatoms. The normalized spacial score (nSPS) is 16.4. The average Bonchev–Trinajstić information content (AvgIpc) is 3.28. The summed E-state index contributed by atoms with van der Waals surface area (Å²) in [6.07, 6.45) is 2.02. The van der Waals surface area contributed by atoms with Gasteiger partial charge in [0, 0.05) is 31.2 Å². The molecule has 2 aliphatic rings. The number of nitrogens with one attached hydrogen (secondary N) is 1. The minimum absolute atomic E-state index is 0.203. The summed E-state index contributed by atoms with van der Waals surface area (Å²) in [7, 11) is 2.11. The Morgan fingerprint density at radius 1 is 0.939 bits per heavy atom. The lowest BCUT2D eigenvalue weighted by molar-refractivity contribution is 0.310. The lowest BCUT2D eigenvalue weighted by Crippen LogP contribution is -2.45. The maximum atomic E-state index is 6.11. The van der Waals surface area contributed by atoms with E-state index < -0.39 is 0 Å². The number of rotatable bonds is 5. The van der Waals surface area contributed by atoms with Gasteiger partial charge in [-0.3, -0.25) is 4.99 Å². The molecule has 1 aromatic heterocycles. The molecule has 0 spiro atoms. The van der Waals surface area contributed by atoms with Gasteiger partial charge in [-0.25, -0.2) is 0 Å². The highest BCUT2D eigenvalue weighted by molar-refractivity contribution is 6.30. The third-order valence-corrected chi connectivity index (χ3v) is 5.74. The van der Waals surface area contributed by atoms with Gasteiger partial charge >= 0.3 is 6.01 Å². The van der Waals surface area contributed by atoms with E-state index in [-0.39, 0.29) is 6.01 Å². The van der Waals surface area contributed by atoms with Crippen molar-refractivity contribution in [2.45, 2.75) is 0 Å². The van der Waals surface area contributed by atoms with Crippen LogP contribution in [0, 0.1) is 0 Å². The molecule has 0 amide bonds. The molecule has 0 aliphatic carbocycles. The number of aliphatic imine (C=N–C) groups is 1. The van der Waals surface area contributed by atoms with E-state index in [0.29, 0.717) is 35.0 Å². The average molecular weight is 462 g/mol. The molecule has 168 valence electrons. The van der Waals surface area contributed by atoms with Crippen molar-refractivity contribution in [1.82, 2.24) is 19.9 Å². The molecule has 0 unspecified atom stereocenters. The van der Waals surface area contributed by atoms with Crippen LogP contribution in [0.4, 0.5) is 11.9 Å². The zero-order valence-electron chi connectivity index (χ0n) is 18.3. The van der Waals surface area contributed by atoms with Crippen LogP contribution in [0.25, 0.3) is 5.57 Å². The zero-order valence-corrected chi connectivity index (χ0v) is 19.0. The molecule has 0 saturated carbocycles. The Kier molecular flexibility index (Phi) is 6.19. The molecule has 1 fully saturated rings. The number of halogens is 1. The Morgan fingerprint density at radius 2 is 1.76 bits per heavy atom. The van der Waals surface area contributed by atoms with Crippen LogP contribution >= 0.6 is 11.6 Å². The van der Waals surface area contributed by atoms with Gasteiger partial charge in [0.1, 0.15) is 11.6 Å². The minimum Gasteiger partial charge on any atom is -0.424 e. The van der Waals surface area contributed by atoms with Crippen LogP contribution in [0.15, 0.2) is 65.7 Å². The van der Waals surface area contributed by atoms with Crippen LogP contribution < -0.4 is 15.0 Å². The number of aromatic nitrogens is 3. The SMILES string of the molecule is CN1CCN(c2nc(NC3=NCC(c4ccccc4)=C3)nc(Oc3cccc(Cl)c3)n2)CC1. The summed E-state index contributed by atoms with van der Waals surface area (Å²) in [6, 6.07) is 17.6. The van der Waals surface area contributed by atoms with Crippen molar-refractivity contribution in [3.05, 3.63) is 71.3 Å². The second-order valence-electron chi connectivity index (χ2n) is 7.95. The van der Waals surface area contributed by atoms with Crippen LogP contribution in [-0.4, -0.2) is 65.5 Å². The number of piperazine rings is 1. The van der Waals surface area contributed by atoms with Crippen LogP contribution in [0.5, 0.6) is 11.8 Å². The molecule has 2 aromatic carbocycles. The molecule has 5 rings (SSSR count). The van der Waals surface area contributed by atoms with Gasteiger partial charge in [-0.15, -0.1) is 0 Å². The number of benzene rings is 2. The summed E-state index contributed by atoms with van der Waals surface area (Å²) < 4.78 is 5.93. The van der Waals surface area contributed by atoms with Crippen molar-refractivity contribution in [2.75, 3.05) is 50.0 Å². The first-order valence-corrected chi connectivity index (χ1v) is 11.2. The van der Waals surface area contributed by atoms with Gasteiger partial charge in [0.05, 0.1) is 6.54 Å². The quantitative estimate of drug-likeness (QED) is 0.615. The third kappa shape index (κ3) is 5.30. The van der Waals surface area contributed by atoms with Crippen molar-refractivity contribution in [1.29, 1.82) is 0 Å². The number of amidine groups is 1. The molecule has 33 heavy (non-hydrogen) atoms. The highest BCUT2D eigenvalue weighted by Crippen LogP contribution is 2.25. The van der Waals surface area contributed by atoms with E-state index in [0.717, 1.165) is 37.3 Å². The largest absolute Gasteiger partial charge is 0.424 e. The second kappa shape index (κ2) is 9.56. The van der Waals surface area contributed by atoms with Crippen LogP contribution in [-0.2, 0) is 0 Å². The minimum atomic E-state index is 0.203. The first-order chi connectivity index (χ1) is 16.1. The van der Waals surface area contributed by atoms with Gasteiger partial charge in [-0.2, -0.15) is 15.0 Å². The fourth-order valence-corrected chi connectivity index (χ4v) is 3.86. The number of hydrogen-bond acceptors (Lipinski definition) is 8. The summed E-state index contributed by atoms with van der Waals surface area (Å²) in [5, 5.41) is 3.82. The second-order valence-corrected chi connectivity index (χ2v) is 8.39. The molecule has 0 radical (unpaired) electrons. The lowest BCUT2D eigenvalue weighted by Gasteiger charge is -2.32. The molecule has 2 aliphatic heterocycles. The van der Waals surface area contributed by atoms with E-state index in [2.05, 4.69) is 54.2 Å². The summed E-state index contributed by atoms with van der Waals surface area (Å²) in [5.74, 6) is 2.23. The van der Waals surface area contributed by atoms with Gasteiger partial charge in [-0.05, 0) is 42.5 Å². The zero-order chi connectivity index (χ0) is 22.6. The molecule has 3 aromatic rings. The van der Waals surface area contributed by atoms with E-state index in [1.165, 1.54) is 0 Å². The van der Waals surface area contributed by atoms with Gasteiger partial charge in [0.2, 0.25) is 11.9 Å². The van der Waals surface area contributed by atoms with E-state index in [1.807, 2.05) is 36.4 Å². The van der Waals surface area contributed by atoms with Gasteiger partial charge < -0.3 is 19.9 Å². The third-order valence-electron chi connectivity index (χ3n) is 5.51. The van der Waals surface area contributed by atoms with Crippen LogP contribution in [0.3, 0.4) is 0 Å². The molecule has 0 bridgehead atoms. The fraction of sp³-hybridized carbons (Fsp3) is 0.250. The molecular weight excluding hydrogens is 438 g/mol. The Hall–Kier alpha value is -3.49. The predicted molar refractivity (Wildman–Crippen MR) is 131 cm³/mol. The maximum absolute atomic E-state index is 6.11. The monoisotopic (exact) mass is 461 g/mol. The Balaban J connectivity index is 1.41. The highest BCUT2D eigenvalue weighted by Gasteiger charge is 2.20. The van der Waals surface area contributed by atoms with Crippen molar-refractivity contribution >= 4 is 34.9 Å². The number of hydrogen-bond donors (Lipinski definition) is 1. The molecule has 0 atom stereocenters. The van der Waals surface area contributed by atoms with Crippen molar-refractivity contribution in [3.63, 3.8) is 0 Å². The van der Waals surface area contributed by atoms with E-state index in [9.17, 15) is 0 Å². The van der Waals surface area contributed by atoms with E-state index >= 15 is 0 Å². The standard InChI is InChI=1S/C24H24ClN7O/c1-31-10-12-32(13-11-31)23-28-22(29-24(30-23)33-20-9-5-8-19(25)15-20)27-21-14-18(16-26-21)17-6-3-2-4-7-17/h2-9,14-15H,10-13,16H2,1H3,(H,26,27,28,29,30). The molecule has 1 N–H and O–H groups in total. The molecule has 1 saturated heterocycles. The van der Waals surface area contributed by atoms with Gasteiger partial charge in [-0.1, -0.05) is 48.0 Å². The Labute approximate surface area is 197 Å². The van der Waals surface area contributed by atoms with Crippen LogP contribution in [0.1, 0.15) is 5.56 Å². The predicted octanol–water partition coefficient (Wildman–Crippen LogP) is 3.98. The number of likely N-dealkylation sites (N-methyl/N-ethyl adjacent to an activating group) is 1. The van der Waals surface area contributed by atoms with Crippen LogP contribution in [0.2, 0.25) is 5.02 Å². The number of anilines is 2. The molecule has 8 nitrogen and oxygen atoms in total. The maximum Gasteiger partial charge on any atom is 0.328 e. The smallest absolute Gasteiger partial charge is 0.328 e. The van der Waals surface area contributed by atoms with Gasteiger partial charge in [0.25, 0.3) is 0 Å². The highest BCUT2D eigenvalue weighted by atomic mass is 35.5. The van der Waals surface area contributed by atoms with E-state index in [1.54, 1.807) is 12.1 Å². The van der Waals surface area contributed by atoms with E-state index in [4.69, 9.17) is 16.3 Å². The number of ether oxygens (including phenoxy) is 1. The first kappa shape index (κ1) is 21.4. The lowest BCUT2D eigenvalue weighted by atomic mass is 10.1. The summed E-state index contributed by atoms with van der Waals surface area (Å²) in [5.41, 5.74) is 2.29. The summed E-state index contributed by atoms with van der Waals surface area (Å²) in [4.78, 5) is 22.7. The number of nitrogens with zero attached hydrogens (tertiary/aromatic N) is 6. The Bertz CT molecular complexity index is 1190. The first-order valence-electron chi connectivity index (χ1n) is 10.8. The van der Waals surface area contributed by atoms with Crippen molar-refractivity contribution in [3.8, 4) is 11.8 Å². The topological polar surface area (TPSA) is 78.8 Å². The Morgan fingerprint density at radius 3 is 2.55 bits per heavy atom.